The standard InChI is InChI=1S/C13H16ClN3O3/c1-8-2-4-16(5-3-8)12-10(14)6-9(13(15)18)7-11(12)17(19)20/h6-8H,2-5H2,1H3,(H2,15,18). The number of hydrogen-bond donors (Lipinski definition) is 1. The lowest BCUT2D eigenvalue weighted by Crippen LogP contribution is -2.33. The number of nitro benzene ring substituents is 1. The summed E-state index contributed by atoms with van der Waals surface area (Å²) >= 11 is 6.14. The van der Waals surface area contributed by atoms with Gasteiger partial charge < -0.3 is 10.6 Å². The molecular formula is C13H16ClN3O3. The summed E-state index contributed by atoms with van der Waals surface area (Å²) < 4.78 is 0. The van der Waals surface area contributed by atoms with E-state index < -0.39 is 10.8 Å². The van der Waals surface area contributed by atoms with E-state index in [0.29, 0.717) is 11.6 Å². The molecule has 2 rings (SSSR count). The second-order valence-electron chi connectivity index (χ2n) is 5.12. The first-order valence-corrected chi connectivity index (χ1v) is 6.80. The Kier molecular flexibility index (Phi) is 4.13. The maximum atomic E-state index is 11.2. The van der Waals surface area contributed by atoms with Crippen LogP contribution in [0.2, 0.25) is 5.02 Å². The highest BCUT2D eigenvalue weighted by molar-refractivity contribution is 6.34. The molecule has 1 aliphatic heterocycles. The average molecular weight is 298 g/mol. The molecule has 1 fully saturated rings. The molecule has 0 aromatic heterocycles. The summed E-state index contributed by atoms with van der Waals surface area (Å²) in [5.74, 6) is -0.122. The van der Waals surface area contributed by atoms with Crippen LogP contribution in [0.4, 0.5) is 11.4 Å². The van der Waals surface area contributed by atoms with Gasteiger partial charge in [-0.15, -0.1) is 0 Å². The summed E-state index contributed by atoms with van der Waals surface area (Å²) in [6, 6.07) is 2.59. The maximum Gasteiger partial charge on any atom is 0.294 e. The smallest absolute Gasteiger partial charge is 0.294 e. The van der Waals surface area contributed by atoms with E-state index in [9.17, 15) is 14.9 Å². The van der Waals surface area contributed by atoms with Crippen molar-refractivity contribution in [1.82, 2.24) is 0 Å². The third kappa shape index (κ3) is 2.85. The number of hydrogen-bond acceptors (Lipinski definition) is 4. The van der Waals surface area contributed by atoms with E-state index in [4.69, 9.17) is 17.3 Å². The Bertz CT molecular complexity index is 554. The van der Waals surface area contributed by atoms with Gasteiger partial charge in [0, 0.05) is 24.7 Å². The van der Waals surface area contributed by atoms with Crippen LogP contribution in [-0.4, -0.2) is 23.9 Å². The minimum absolute atomic E-state index is 0.0517. The van der Waals surface area contributed by atoms with Gasteiger partial charge in [-0.05, 0) is 24.8 Å². The molecule has 0 atom stereocenters. The molecule has 7 heteroatoms. The molecule has 0 radical (unpaired) electrons. The highest BCUT2D eigenvalue weighted by Gasteiger charge is 2.27. The van der Waals surface area contributed by atoms with Crippen LogP contribution in [0.15, 0.2) is 12.1 Å². The van der Waals surface area contributed by atoms with Crippen molar-refractivity contribution in [3.05, 3.63) is 32.8 Å². The molecule has 1 aromatic rings. The molecule has 0 bridgehead atoms. The number of carbonyl (C=O) groups excluding carboxylic acids is 1. The lowest BCUT2D eigenvalue weighted by Gasteiger charge is -2.32. The number of anilines is 1. The first kappa shape index (κ1) is 14.6. The number of primary amides is 1. The van der Waals surface area contributed by atoms with Gasteiger partial charge in [0.1, 0.15) is 5.69 Å². The molecule has 1 saturated heterocycles. The minimum Gasteiger partial charge on any atom is -0.366 e. The van der Waals surface area contributed by atoms with Gasteiger partial charge in [-0.2, -0.15) is 0 Å². The maximum absolute atomic E-state index is 11.2. The van der Waals surface area contributed by atoms with Crippen molar-refractivity contribution in [3.8, 4) is 0 Å². The van der Waals surface area contributed by atoms with Gasteiger partial charge in [-0.25, -0.2) is 0 Å². The number of piperidine rings is 1. The van der Waals surface area contributed by atoms with Crippen LogP contribution in [0.1, 0.15) is 30.1 Å². The number of nitrogens with zero attached hydrogens (tertiary/aromatic N) is 2. The van der Waals surface area contributed by atoms with Crippen LogP contribution in [0.25, 0.3) is 0 Å². The predicted octanol–water partition coefficient (Wildman–Crippen LogP) is 2.58. The van der Waals surface area contributed by atoms with E-state index in [1.807, 2.05) is 4.90 Å². The minimum atomic E-state index is -0.728. The van der Waals surface area contributed by atoms with Crippen LogP contribution in [-0.2, 0) is 0 Å². The number of halogens is 1. The van der Waals surface area contributed by atoms with E-state index in [0.717, 1.165) is 25.9 Å². The summed E-state index contributed by atoms with van der Waals surface area (Å²) in [4.78, 5) is 23.8. The second-order valence-corrected chi connectivity index (χ2v) is 5.52. The van der Waals surface area contributed by atoms with E-state index in [2.05, 4.69) is 6.92 Å². The Labute approximate surface area is 121 Å². The molecule has 1 aliphatic rings. The lowest BCUT2D eigenvalue weighted by molar-refractivity contribution is -0.384. The molecule has 108 valence electrons. The van der Waals surface area contributed by atoms with Gasteiger partial charge >= 0.3 is 0 Å². The summed E-state index contributed by atoms with van der Waals surface area (Å²) in [7, 11) is 0. The zero-order valence-corrected chi connectivity index (χ0v) is 11.9. The molecule has 1 heterocycles. The highest BCUT2D eigenvalue weighted by Crippen LogP contribution is 2.38. The summed E-state index contributed by atoms with van der Waals surface area (Å²) in [5.41, 5.74) is 5.43. The summed E-state index contributed by atoms with van der Waals surface area (Å²) in [5, 5.41) is 11.4. The van der Waals surface area contributed by atoms with E-state index >= 15 is 0 Å². The van der Waals surface area contributed by atoms with Gasteiger partial charge in [0.25, 0.3) is 5.69 Å². The van der Waals surface area contributed by atoms with Crippen LogP contribution in [0.3, 0.4) is 0 Å². The fourth-order valence-electron chi connectivity index (χ4n) is 2.41. The number of carbonyl (C=O) groups is 1. The third-order valence-corrected chi connectivity index (χ3v) is 3.91. The Hall–Kier alpha value is -1.82. The monoisotopic (exact) mass is 297 g/mol. The fraction of sp³-hybridized carbons (Fsp3) is 0.462. The molecule has 0 spiro atoms. The van der Waals surface area contributed by atoms with E-state index in [-0.39, 0.29) is 16.3 Å². The van der Waals surface area contributed by atoms with Crippen molar-refractivity contribution in [3.63, 3.8) is 0 Å². The molecule has 0 saturated carbocycles. The van der Waals surface area contributed by atoms with Gasteiger partial charge in [-0.1, -0.05) is 18.5 Å². The molecule has 6 nitrogen and oxygen atoms in total. The Balaban J connectivity index is 2.46. The molecule has 1 amide bonds. The topological polar surface area (TPSA) is 89.5 Å². The molecule has 1 aromatic carbocycles. The SMILES string of the molecule is CC1CCN(c2c(Cl)cc(C(N)=O)cc2[N+](=O)[O-])CC1. The average Bonchev–Trinajstić information content (AvgIpc) is 2.39. The van der Waals surface area contributed by atoms with Crippen LogP contribution >= 0.6 is 11.6 Å². The first-order valence-electron chi connectivity index (χ1n) is 6.43. The Morgan fingerprint density at radius 1 is 1.45 bits per heavy atom. The Morgan fingerprint density at radius 2 is 2.05 bits per heavy atom. The molecular weight excluding hydrogens is 282 g/mol. The largest absolute Gasteiger partial charge is 0.366 e. The number of nitrogens with two attached hydrogens (primary N) is 1. The Morgan fingerprint density at radius 3 is 2.55 bits per heavy atom. The highest BCUT2D eigenvalue weighted by atomic mass is 35.5. The van der Waals surface area contributed by atoms with Gasteiger partial charge in [0.2, 0.25) is 5.91 Å². The van der Waals surface area contributed by atoms with Gasteiger partial charge in [-0.3, -0.25) is 14.9 Å². The van der Waals surface area contributed by atoms with Crippen molar-refractivity contribution < 1.29 is 9.72 Å². The van der Waals surface area contributed by atoms with Gasteiger partial charge in [0.05, 0.1) is 9.95 Å². The van der Waals surface area contributed by atoms with Crippen LogP contribution < -0.4 is 10.6 Å². The lowest BCUT2D eigenvalue weighted by atomic mass is 9.98. The molecule has 20 heavy (non-hydrogen) atoms. The third-order valence-electron chi connectivity index (χ3n) is 3.62. The first-order chi connectivity index (χ1) is 9.40. The van der Waals surface area contributed by atoms with Crippen molar-refractivity contribution in [1.29, 1.82) is 0 Å². The number of benzene rings is 1. The number of amides is 1. The molecule has 2 N–H and O–H groups in total. The summed E-state index contributed by atoms with van der Waals surface area (Å²) in [6.45, 7) is 3.60. The van der Waals surface area contributed by atoms with Crippen LogP contribution in [0, 0.1) is 16.0 Å². The number of rotatable bonds is 3. The van der Waals surface area contributed by atoms with Crippen molar-refractivity contribution in [2.24, 2.45) is 11.7 Å². The zero-order valence-electron chi connectivity index (χ0n) is 11.1. The molecule has 0 aliphatic carbocycles. The van der Waals surface area contributed by atoms with Gasteiger partial charge in [0.15, 0.2) is 0 Å². The van der Waals surface area contributed by atoms with E-state index in [1.54, 1.807) is 0 Å². The normalized spacial score (nSPS) is 16.2. The summed E-state index contributed by atoms with van der Waals surface area (Å²) in [6.07, 6.45) is 1.93. The van der Waals surface area contributed by atoms with Crippen molar-refractivity contribution in [2.75, 3.05) is 18.0 Å². The van der Waals surface area contributed by atoms with Crippen LogP contribution in [0.5, 0.6) is 0 Å². The zero-order chi connectivity index (χ0) is 14.9. The predicted molar refractivity (Wildman–Crippen MR) is 77.2 cm³/mol. The quantitative estimate of drug-likeness (QED) is 0.686. The van der Waals surface area contributed by atoms with Crippen molar-refractivity contribution >= 4 is 28.9 Å². The number of nitro groups is 1. The van der Waals surface area contributed by atoms with E-state index in [1.165, 1.54) is 12.1 Å². The second kappa shape index (κ2) is 5.66. The van der Waals surface area contributed by atoms with Crippen molar-refractivity contribution in [2.45, 2.75) is 19.8 Å². The molecule has 0 unspecified atom stereocenters. The fourth-order valence-corrected chi connectivity index (χ4v) is 2.75.